The van der Waals surface area contributed by atoms with Crippen molar-refractivity contribution in [1.29, 1.82) is 0 Å². The van der Waals surface area contributed by atoms with Crippen molar-refractivity contribution in [2.24, 2.45) is 5.92 Å². The quantitative estimate of drug-likeness (QED) is 0.448. The normalized spacial score (nSPS) is 30.0. The van der Waals surface area contributed by atoms with Gasteiger partial charge in [-0.15, -0.1) is 0 Å². The lowest BCUT2D eigenvalue weighted by Gasteiger charge is -1.93. The molecule has 46 valence electrons. The van der Waals surface area contributed by atoms with Crippen molar-refractivity contribution in [3.05, 3.63) is 24.0 Å². The molecule has 2 nitrogen and oxygen atoms in total. The average Bonchev–Trinajstić information content (AvgIpc) is 2.22. The Hall–Kier alpha value is -1.05. The van der Waals surface area contributed by atoms with E-state index in [-0.39, 0.29) is 11.9 Å². The molecule has 2 rings (SSSR count). The number of rotatable bonds is 0. The first-order valence-electron chi connectivity index (χ1n) is 2.95. The summed E-state index contributed by atoms with van der Waals surface area (Å²) in [6.45, 7) is 0. The molecular weight excluding hydrogens is 116 g/mol. The topological polar surface area (TPSA) is 26.3 Å². The molecule has 0 aromatic rings. The molecule has 9 heavy (non-hydrogen) atoms. The SMILES string of the molecule is O=C1CC2C=CC=C2O1. The van der Waals surface area contributed by atoms with Gasteiger partial charge in [-0.1, -0.05) is 12.2 Å². The van der Waals surface area contributed by atoms with Crippen LogP contribution in [0, 0.1) is 5.92 Å². The number of carbonyl (C=O) groups excluding carboxylic acids is 1. The monoisotopic (exact) mass is 122 g/mol. The molecular formula is C7H6O2. The molecule has 1 atom stereocenters. The summed E-state index contributed by atoms with van der Waals surface area (Å²) in [6.07, 6.45) is 6.28. The Bertz CT molecular complexity index is 213. The van der Waals surface area contributed by atoms with Gasteiger partial charge in [0.1, 0.15) is 5.76 Å². The minimum atomic E-state index is -0.101. The Morgan fingerprint density at radius 2 is 2.56 bits per heavy atom. The Morgan fingerprint density at radius 1 is 1.67 bits per heavy atom. The zero-order valence-electron chi connectivity index (χ0n) is 4.83. The van der Waals surface area contributed by atoms with E-state index < -0.39 is 0 Å². The molecule has 0 saturated carbocycles. The molecule has 2 heteroatoms. The molecule has 1 fully saturated rings. The molecule has 1 aliphatic carbocycles. The van der Waals surface area contributed by atoms with E-state index in [0.717, 1.165) is 5.76 Å². The summed E-state index contributed by atoms with van der Waals surface area (Å²) < 4.78 is 4.84. The first-order chi connectivity index (χ1) is 4.36. The molecule has 1 unspecified atom stereocenters. The Labute approximate surface area is 52.8 Å². The van der Waals surface area contributed by atoms with Crippen LogP contribution in [0.2, 0.25) is 0 Å². The van der Waals surface area contributed by atoms with Gasteiger partial charge in [0.15, 0.2) is 0 Å². The van der Waals surface area contributed by atoms with Crippen LogP contribution in [0.3, 0.4) is 0 Å². The van der Waals surface area contributed by atoms with Gasteiger partial charge >= 0.3 is 5.97 Å². The molecule has 0 aromatic carbocycles. The van der Waals surface area contributed by atoms with Crippen molar-refractivity contribution in [1.82, 2.24) is 0 Å². The number of ether oxygens (including phenoxy) is 1. The zero-order valence-corrected chi connectivity index (χ0v) is 4.83. The van der Waals surface area contributed by atoms with Gasteiger partial charge in [-0.25, -0.2) is 0 Å². The number of hydrogen-bond acceptors (Lipinski definition) is 2. The highest BCUT2D eigenvalue weighted by Crippen LogP contribution is 2.30. The third kappa shape index (κ3) is 0.593. The maximum Gasteiger partial charge on any atom is 0.311 e. The number of allylic oxidation sites excluding steroid dienone is 3. The number of carbonyl (C=O) groups is 1. The molecule has 0 radical (unpaired) electrons. The van der Waals surface area contributed by atoms with Crippen molar-refractivity contribution in [3.63, 3.8) is 0 Å². The minimum Gasteiger partial charge on any atom is -0.430 e. The summed E-state index contributed by atoms with van der Waals surface area (Å²) in [5.74, 6) is 0.980. The smallest absolute Gasteiger partial charge is 0.311 e. The van der Waals surface area contributed by atoms with Gasteiger partial charge < -0.3 is 4.74 Å². The molecule has 1 heterocycles. The van der Waals surface area contributed by atoms with Crippen LogP contribution in [0.4, 0.5) is 0 Å². The summed E-state index contributed by atoms with van der Waals surface area (Å²) >= 11 is 0. The summed E-state index contributed by atoms with van der Waals surface area (Å²) in [6, 6.07) is 0. The van der Waals surface area contributed by atoms with Crippen LogP contribution < -0.4 is 0 Å². The predicted molar refractivity (Wildman–Crippen MR) is 31.4 cm³/mol. The van der Waals surface area contributed by atoms with Crippen LogP contribution >= 0.6 is 0 Å². The summed E-state index contributed by atoms with van der Waals surface area (Å²) in [5.41, 5.74) is 0. The fraction of sp³-hybridized carbons (Fsp3) is 0.286. The van der Waals surface area contributed by atoms with Gasteiger partial charge in [0, 0.05) is 5.92 Å². The Balaban J connectivity index is 2.30. The van der Waals surface area contributed by atoms with Gasteiger partial charge in [0.2, 0.25) is 0 Å². The highest BCUT2D eigenvalue weighted by Gasteiger charge is 2.28. The van der Waals surface area contributed by atoms with E-state index in [9.17, 15) is 4.79 Å². The van der Waals surface area contributed by atoms with Crippen LogP contribution in [-0.2, 0) is 9.53 Å². The maximum absolute atomic E-state index is 10.6. The lowest BCUT2D eigenvalue weighted by Crippen LogP contribution is -1.89. The molecule has 0 N–H and O–H groups in total. The first-order valence-corrected chi connectivity index (χ1v) is 2.95. The fourth-order valence-corrected chi connectivity index (χ4v) is 1.13. The second-order valence-electron chi connectivity index (χ2n) is 2.24. The van der Waals surface area contributed by atoms with Crippen molar-refractivity contribution in [3.8, 4) is 0 Å². The van der Waals surface area contributed by atoms with Crippen molar-refractivity contribution in [2.45, 2.75) is 6.42 Å². The maximum atomic E-state index is 10.6. The molecule has 1 saturated heterocycles. The lowest BCUT2D eigenvalue weighted by atomic mass is 10.1. The second-order valence-corrected chi connectivity index (χ2v) is 2.24. The largest absolute Gasteiger partial charge is 0.430 e. The fourth-order valence-electron chi connectivity index (χ4n) is 1.13. The van der Waals surface area contributed by atoms with Gasteiger partial charge in [0.25, 0.3) is 0 Å². The van der Waals surface area contributed by atoms with E-state index >= 15 is 0 Å². The predicted octanol–water partition coefficient (Wildman–Crippen LogP) is 1.00. The first kappa shape index (κ1) is 4.79. The summed E-state index contributed by atoms with van der Waals surface area (Å²) in [4.78, 5) is 10.6. The third-order valence-corrected chi connectivity index (χ3v) is 1.59. The standard InChI is InChI=1S/C7H6O2/c8-7-4-5-2-1-3-6(5)9-7/h1-3,5H,4H2. The van der Waals surface area contributed by atoms with E-state index in [2.05, 4.69) is 0 Å². The molecule has 2 aliphatic rings. The van der Waals surface area contributed by atoms with Gasteiger partial charge in [-0.05, 0) is 6.08 Å². The van der Waals surface area contributed by atoms with Crippen LogP contribution in [0.15, 0.2) is 24.0 Å². The summed E-state index contributed by atoms with van der Waals surface area (Å²) in [5, 5.41) is 0. The highest BCUT2D eigenvalue weighted by atomic mass is 16.5. The molecule has 0 aromatic heterocycles. The number of fused-ring (bicyclic) bond motifs is 1. The summed E-state index contributed by atoms with van der Waals surface area (Å²) in [7, 11) is 0. The number of esters is 1. The van der Waals surface area contributed by atoms with E-state index in [4.69, 9.17) is 4.74 Å². The van der Waals surface area contributed by atoms with Gasteiger partial charge in [0.05, 0.1) is 6.42 Å². The average molecular weight is 122 g/mol. The van der Waals surface area contributed by atoms with Gasteiger partial charge in [-0.2, -0.15) is 0 Å². The van der Waals surface area contributed by atoms with E-state index in [1.54, 1.807) is 0 Å². The van der Waals surface area contributed by atoms with E-state index in [1.165, 1.54) is 0 Å². The van der Waals surface area contributed by atoms with E-state index in [1.807, 2.05) is 18.2 Å². The Kier molecular flexibility index (Phi) is 0.781. The highest BCUT2D eigenvalue weighted by molar-refractivity contribution is 5.75. The zero-order chi connectivity index (χ0) is 6.27. The minimum absolute atomic E-state index is 0.101. The van der Waals surface area contributed by atoms with Crippen LogP contribution in [0.5, 0.6) is 0 Å². The van der Waals surface area contributed by atoms with Crippen LogP contribution in [-0.4, -0.2) is 5.97 Å². The third-order valence-electron chi connectivity index (χ3n) is 1.59. The lowest BCUT2D eigenvalue weighted by molar-refractivity contribution is -0.135. The molecule has 0 bridgehead atoms. The van der Waals surface area contributed by atoms with Crippen molar-refractivity contribution in [2.75, 3.05) is 0 Å². The van der Waals surface area contributed by atoms with Crippen LogP contribution in [0.25, 0.3) is 0 Å². The molecule has 0 spiro atoms. The second kappa shape index (κ2) is 1.47. The number of hydrogen-bond donors (Lipinski definition) is 0. The molecule has 1 aliphatic heterocycles. The van der Waals surface area contributed by atoms with Crippen molar-refractivity contribution < 1.29 is 9.53 Å². The van der Waals surface area contributed by atoms with E-state index in [0.29, 0.717) is 6.42 Å². The van der Waals surface area contributed by atoms with Crippen molar-refractivity contribution >= 4 is 5.97 Å². The molecule has 0 amide bonds. The van der Waals surface area contributed by atoms with Gasteiger partial charge in [-0.3, -0.25) is 4.79 Å². The Morgan fingerprint density at radius 3 is 3.33 bits per heavy atom. The van der Waals surface area contributed by atoms with Crippen LogP contribution in [0.1, 0.15) is 6.42 Å².